The van der Waals surface area contributed by atoms with Gasteiger partial charge in [-0.1, -0.05) is 0 Å². The number of carbonyl (C=O) groups excluding carboxylic acids is 1. The molecule has 172 valence electrons. The molecule has 12 heteroatoms. The van der Waals surface area contributed by atoms with E-state index in [2.05, 4.69) is 5.32 Å². The standard InChI is InChI=1S/C20H23N3O7S2/c1-14(31-16-5-3-15(4-6-16)23(25)26)20(24)21-18-13-17(7-8-19(18)29-2)32(27,28)22-9-11-30-12-10-22/h3-8,13-14H,9-12H2,1-2H3,(H,21,24). The van der Waals surface area contributed by atoms with E-state index in [4.69, 9.17) is 9.47 Å². The Balaban J connectivity index is 1.75. The monoisotopic (exact) mass is 481 g/mol. The van der Waals surface area contributed by atoms with Gasteiger partial charge in [0.1, 0.15) is 5.75 Å². The second kappa shape index (κ2) is 10.3. The van der Waals surface area contributed by atoms with E-state index in [1.807, 2.05) is 0 Å². The molecule has 0 bridgehead atoms. The number of methoxy groups -OCH3 is 1. The molecule has 3 rings (SSSR count). The molecule has 2 aromatic rings. The number of morpholine rings is 1. The highest BCUT2D eigenvalue weighted by atomic mass is 32.2. The number of amides is 1. The Morgan fingerprint density at radius 3 is 2.47 bits per heavy atom. The van der Waals surface area contributed by atoms with Gasteiger partial charge in [0.25, 0.3) is 5.69 Å². The molecule has 0 aliphatic carbocycles. The molecule has 1 aliphatic rings. The average molecular weight is 482 g/mol. The molecule has 2 aromatic carbocycles. The van der Waals surface area contributed by atoms with Crippen molar-refractivity contribution in [2.24, 2.45) is 0 Å². The Morgan fingerprint density at radius 2 is 1.88 bits per heavy atom. The minimum atomic E-state index is -3.74. The highest BCUT2D eigenvalue weighted by molar-refractivity contribution is 8.00. The van der Waals surface area contributed by atoms with Crippen LogP contribution >= 0.6 is 11.8 Å². The molecular weight excluding hydrogens is 458 g/mol. The van der Waals surface area contributed by atoms with Gasteiger partial charge in [-0.05, 0) is 37.3 Å². The summed E-state index contributed by atoms with van der Waals surface area (Å²) < 4.78 is 37.7. The number of thioether (sulfide) groups is 1. The Labute approximate surface area is 190 Å². The number of rotatable bonds is 8. The van der Waals surface area contributed by atoms with Crippen LogP contribution < -0.4 is 10.1 Å². The van der Waals surface area contributed by atoms with Crippen molar-refractivity contribution in [3.05, 3.63) is 52.6 Å². The third-order valence-electron chi connectivity index (χ3n) is 4.77. The van der Waals surface area contributed by atoms with E-state index in [-0.39, 0.29) is 35.3 Å². The lowest BCUT2D eigenvalue weighted by atomic mass is 10.3. The van der Waals surface area contributed by atoms with E-state index in [1.54, 1.807) is 19.1 Å². The van der Waals surface area contributed by atoms with Crippen LogP contribution in [-0.2, 0) is 19.6 Å². The number of nitrogens with zero attached hydrogens (tertiary/aromatic N) is 2. The maximum absolute atomic E-state index is 12.9. The maximum Gasteiger partial charge on any atom is 0.269 e. The molecule has 1 N–H and O–H groups in total. The largest absolute Gasteiger partial charge is 0.495 e. The quantitative estimate of drug-likeness (QED) is 0.346. The molecule has 1 amide bonds. The molecule has 0 radical (unpaired) electrons. The van der Waals surface area contributed by atoms with Crippen molar-refractivity contribution in [1.82, 2.24) is 4.31 Å². The molecular formula is C20H23N3O7S2. The van der Waals surface area contributed by atoms with Gasteiger partial charge >= 0.3 is 0 Å². The molecule has 0 aromatic heterocycles. The first kappa shape index (κ1) is 24.0. The number of carbonyl (C=O) groups is 1. The van der Waals surface area contributed by atoms with Crippen molar-refractivity contribution in [1.29, 1.82) is 0 Å². The minimum absolute atomic E-state index is 0.0329. The van der Waals surface area contributed by atoms with Crippen molar-refractivity contribution < 1.29 is 27.6 Å². The van der Waals surface area contributed by atoms with Crippen molar-refractivity contribution in [2.45, 2.75) is 22.0 Å². The lowest BCUT2D eigenvalue weighted by Crippen LogP contribution is -2.40. The second-order valence-corrected chi connectivity index (χ2v) is 10.2. The molecule has 32 heavy (non-hydrogen) atoms. The topological polar surface area (TPSA) is 128 Å². The van der Waals surface area contributed by atoms with Crippen LogP contribution in [0.1, 0.15) is 6.92 Å². The first-order valence-electron chi connectivity index (χ1n) is 9.70. The van der Waals surface area contributed by atoms with Crippen molar-refractivity contribution in [2.75, 3.05) is 38.7 Å². The van der Waals surface area contributed by atoms with Crippen LogP contribution in [0.2, 0.25) is 0 Å². The van der Waals surface area contributed by atoms with Gasteiger partial charge in [-0.25, -0.2) is 8.42 Å². The number of nitro groups is 1. The van der Waals surface area contributed by atoms with Gasteiger partial charge in [-0.2, -0.15) is 4.31 Å². The fraction of sp³-hybridized carbons (Fsp3) is 0.350. The summed E-state index contributed by atoms with van der Waals surface area (Å²) in [7, 11) is -2.31. The lowest BCUT2D eigenvalue weighted by Gasteiger charge is -2.26. The summed E-state index contributed by atoms with van der Waals surface area (Å²) in [6.07, 6.45) is 0. The van der Waals surface area contributed by atoms with E-state index in [0.717, 1.165) is 0 Å². The molecule has 1 heterocycles. The number of benzene rings is 2. The highest BCUT2D eigenvalue weighted by Gasteiger charge is 2.27. The lowest BCUT2D eigenvalue weighted by molar-refractivity contribution is -0.384. The highest BCUT2D eigenvalue weighted by Crippen LogP contribution is 2.31. The van der Waals surface area contributed by atoms with E-state index in [1.165, 1.54) is 53.5 Å². The van der Waals surface area contributed by atoms with Crippen molar-refractivity contribution in [3.63, 3.8) is 0 Å². The zero-order chi connectivity index (χ0) is 23.3. The van der Waals surface area contributed by atoms with Gasteiger partial charge in [0.2, 0.25) is 15.9 Å². The fourth-order valence-electron chi connectivity index (χ4n) is 3.02. The summed E-state index contributed by atoms with van der Waals surface area (Å²) in [5.41, 5.74) is 0.206. The second-order valence-electron chi connectivity index (χ2n) is 6.88. The molecule has 1 saturated heterocycles. The SMILES string of the molecule is COc1ccc(S(=O)(=O)N2CCOCC2)cc1NC(=O)C(C)Sc1ccc([N+](=O)[O-])cc1. The Bertz CT molecular complexity index is 1080. The average Bonchev–Trinajstić information content (AvgIpc) is 2.79. The molecule has 1 atom stereocenters. The number of nitrogens with one attached hydrogen (secondary N) is 1. The molecule has 10 nitrogen and oxygen atoms in total. The van der Waals surface area contributed by atoms with E-state index in [9.17, 15) is 23.3 Å². The summed E-state index contributed by atoms with van der Waals surface area (Å²) >= 11 is 1.22. The van der Waals surface area contributed by atoms with Gasteiger partial charge < -0.3 is 14.8 Å². The molecule has 1 fully saturated rings. The van der Waals surface area contributed by atoms with Gasteiger partial charge in [0.15, 0.2) is 0 Å². The van der Waals surface area contributed by atoms with Gasteiger partial charge in [-0.3, -0.25) is 14.9 Å². The van der Waals surface area contributed by atoms with Crippen molar-refractivity contribution >= 4 is 39.1 Å². The fourth-order valence-corrected chi connectivity index (χ4v) is 5.32. The maximum atomic E-state index is 12.9. The molecule has 0 saturated carbocycles. The van der Waals surface area contributed by atoms with Crippen molar-refractivity contribution in [3.8, 4) is 5.75 Å². The van der Waals surface area contributed by atoms with Crippen LogP contribution in [0.4, 0.5) is 11.4 Å². The summed E-state index contributed by atoms with van der Waals surface area (Å²) in [6.45, 7) is 2.87. The van der Waals surface area contributed by atoms with E-state index >= 15 is 0 Å². The minimum Gasteiger partial charge on any atom is -0.495 e. The van der Waals surface area contributed by atoms with Gasteiger partial charge in [0, 0.05) is 30.1 Å². The number of sulfonamides is 1. The Morgan fingerprint density at radius 1 is 1.22 bits per heavy atom. The van der Waals surface area contributed by atoms with Crippen LogP contribution in [-0.4, -0.2) is 62.2 Å². The Kier molecular flexibility index (Phi) is 7.72. The normalized spacial score (nSPS) is 15.7. The third kappa shape index (κ3) is 5.57. The van der Waals surface area contributed by atoms with Gasteiger partial charge in [0.05, 0.1) is 41.1 Å². The van der Waals surface area contributed by atoms with Gasteiger partial charge in [-0.15, -0.1) is 11.8 Å². The predicted molar refractivity (Wildman–Crippen MR) is 120 cm³/mol. The summed E-state index contributed by atoms with van der Waals surface area (Å²) in [5.74, 6) is -0.0422. The van der Waals surface area contributed by atoms with E-state index in [0.29, 0.717) is 23.9 Å². The van der Waals surface area contributed by atoms with Crippen LogP contribution in [0.3, 0.4) is 0 Å². The third-order valence-corrected chi connectivity index (χ3v) is 7.77. The number of non-ortho nitro benzene ring substituents is 1. The molecule has 1 aliphatic heterocycles. The predicted octanol–water partition coefficient (Wildman–Crippen LogP) is 2.74. The van der Waals surface area contributed by atoms with Crippen LogP contribution in [0.5, 0.6) is 5.75 Å². The van der Waals surface area contributed by atoms with Crippen LogP contribution in [0.25, 0.3) is 0 Å². The number of nitro benzene ring substituents is 1. The first-order valence-corrected chi connectivity index (χ1v) is 12.0. The summed E-state index contributed by atoms with van der Waals surface area (Å²) in [4.78, 5) is 23.8. The Hall–Kier alpha value is -2.67. The number of hydrogen-bond acceptors (Lipinski definition) is 8. The summed E-state index contributed by atoms with van der Waals surface area (Å²) in [6, 6.07) is 10.2. The van der Waals surface area contributed by atoms with Crippen LogP contribution in [0, 0.1) is 10.1 Å². The van der Waals surface area contributed by atoms with E-state index < -0.39 is 20.2 Å². The zero-order valence-corrected chi connectivity index (χ0v) is 19.1. The zero-order valence-electron chi connectivity index (χ0n) is 17.5. The molecule has 0 spiro atoms. The smallest absolute Gasteiger partial charge is 0.269 e. The van der Waals surface area contributed by atoms with Crippen LogP contribution in [0.15, 0.2) is 52.3 Å². The number of hydrogen-bond donors (Lipinski definition) is 1. The summed E-state index contributed by atoms with van der Waals surface area (Å²) in [5, 5.41) is 12.9. The number of ether oxygens (including phenoxy) is 2. The molecule has 1 unspecified atom stereocenters. The first-order chi connectivity index (χ1) is 15.2. The number of anilines is 1.